The van der Waals surface area contributed by atoms with Gasteiger partial charge in [-0.1, -0.05) is 41.1 Å². The number of nitrogens with one attached hydrogen (secondary N) is 1. The van der Waals surface area contributed by atoms with Crippen LogP contribution in [0.15, 0.2) is 41.6 Å². The number of rotatable bonds is 5. The monoisotopic (exact) mass is 415 g/mol. The average Bonchev–Trinajstić information content (AvgIpc) is 2.99. The summed E-state index contributed by atoms with van der Waals surface area (Å²) in [6.07, 6.45) is 0. The predicted molar refractivity (Wildman–Crippen MR) is 115 cm³/mol. The zero-order valence-corrected chi connectivity index (χ0v) is 17.7. The van der Waals surface area contributed by atoms with Crippen LogP contribution in [-0.2, 0) is 4.79 Å². The highest BCUT2D eigenvalue weighted by molar-refractivity contribution is 8.00. The number of nitrogens with two attached hydrogens (primary N) is 1. The third-order valence-electron chi connectivity index (χ3n) is 4.34. The first-order chi connectivity index (χ1) is 13.3. The van der Waals surface area contributed by atoms with Gasteiger partial charge in [-0.05, 0) is 63.1 Å². The lowest BCUT2D eigenvalue weighted by atomic mass is 10.1. The maximum atomic E-state index is 12.7. The van der Waals surface area contributed by atoms with Crippen molar-refractivity contribution >= 4 is 35.0 Å². The van der Waals surface area contributed by atoms with Crippen LogP contribution in [0.1, 0.15) is 23.6 Å². The molecule has 8 heteroatoms. The van der Waals surface area contributed by atoms with Crippen LogP contribution >= 0.6 is 23.4 Å². The maximum Gasteiger partial charge on any atom is 0.237 e. The van der Waals surface area contributed by atoms with Crippen molar-refractivity contribution in [3.05, 3.63) is 58.1 Å². The minimum atomic E-state index is -0.398. The van der Waals surface area contributed by atoms with Crippen LogP contribution in [0.4, 0.5) is 5.69 Å². The minimum absolute atomic E-state index is 0.115. The van der Waals surface area contributed by atoms with Crippen molar-refractivity contribution in [2.75, 3.05) is 11.2 Å². The van der Waals surface area contributed by atoms with E-state index in [9.17, 15) is 4.79 Å². The molecule has 0 saturated carbocycles. The molecule has 1 aromatic heterocycles. The molecule has 6 nitrogen and oxygen atoms in total. The normalized spacial score (nSPS) is 12.0. The van der Waals surface area contributed by atoms with Gasteiger partial charge in [-0.25, -0.2) is 4.68 Å². The topological polar surface area (TPSA) is 85.8 Å². The highest BCUT2D eigenvalue weighted by Crippen LogP contribution is 2.27. The first-order valence-electron chi connectivity index (χ1n) is 8.78. The zero-order valence-electron chi connectivity index (χ0n) is 16.2. The summed E-state index contributed by atoms with van der Waals surface area (Å²) >= 11 is 7.18. The summed E-state index contributed by atoms with van der Waals surface area (Å²) in [6.45, 7) is 7.83. The first kappa shape index (κ1) is 20.2. The summed E-state index contributed by atoms with van der Waals surface area (Å²) in [5.74, 6) is 6.54. The number of anilines is 1. The van der Waals surface area contributed by atoms with E-state index in [1.807, 2.05) is 39.8 Å². The van der Waals surface area contributed by atoms with Gasteiger partial charge in [0.1, 0.15) is 0 Å². The molecule has 0 saturated heterocycles. The fraction of sp³-hybridized carbons (Fsp3) is 0.250. The Balaban J connectivity index is 1.74. The second kappa shape index (κ2) is 8.24. The third-order valence-corrected chi connectivity index (χ3v) is 5.65. The Labute approximate surface area is 173 Å². The van der Waals surface area contributed by atoms with E-state index in [1.165, 1.54) is 22.0 Å². The summed E-state index contributed by atoms with van der Waals surface area (Å²) in [7, 11) is 0. The molecule has 0 fully saturated rings. The van der Waals surface area contributed by atoms with Crippen LogP contribution in [0.5, 0.6) is 0 Å². The van der Waals surface area contributed by atoms with Crippen molar-refractivity contribution in [1.29, 1.82) is 0 Å². The van der Waals surface area contributed by atoms with Crippen molar-refractivity contribution in [3.8, 4) is 11.4 Å². The molecule has 1 atom stereocenters. The highest BCUT2D eigenvalue weighted by atomic mass is 35.5. The number of nitrogen functional groups attached to an aromatic ring is 1. The number of benzene rings is 2. The van der Waals surface area contributed by atoms with E-state index >= 15 is 0 Å². The minimum Gasteiger partial charge on any atom is -0.335 e. The quantitative estimate of drug-likeness (QED) is 0.477. The molecule has 3 N–H and O–H groups in total. The maximum absolute atomic E-state index is 12.7. The molecule has 3 rings (SSSR count). The number of thioether (sulfide) groups is 1. The number of hydrogen-bond donors (Lipinski definition) is 2. The van der Waals surface area contributed by atoms with Gasteiger partial charge < -0.3 is 11.2 Å². The summed E-state index contributed by atoms with van der Waals surface area (Å²) < 4.78 is 1.39. The lowest BCUT2D eigenvalue weighted by Crippen LogP contribution is -2.24. The van der Waals surface area contributed by atoms with Crippen molar-refractivity contribution in [3.63, 3.8) is 0 Å². The van der Waals surface area contributed by atoms with Crippen molar-refractivity contribution in [1.82, 2.24) is 14.9 Å². The molecular weight excluding hydrogens is 394 g/mol. The van der Waals surface area contributed by atoms with Crippen molar-refractivity contribution in [2.24, 2.45) is 0 Å². The summed E-state index contributed by atoms with van der Waals surface area (Å²) in [4.78, 5) is 12.7. The fourth-order valence-electron chi connectivity index (χ4n) is 2.97. The van der Waals surface area contributed by atoms with Gasteiger partial charge in [-0.2, -0.15) is 0 Å². The molecule has 1 amide bonds. The van der Waals surface area contributed by atoms with Crippen LogP contribution in [-0.4, -0.2) is 26.0 Å². The zero-order chi connectivity index (χ0) is 20.4. The number of carbonyl (C=O) groups excluding carboxylic acids is 1. The van der Waals surface area contributed by atoms with Crippen LogP contribution in [0, 0.1) is 20.8 Å². The Bertz CT molecular complexity index is 993. The van der Waals surface area contributed by atoms with Gasteiger partial charge >= 0.3 is 0 Å². The Morgan fingerprint density at radius 3 is 2.36 bits per heavy atom. The van der Waals surface area contributed by atoms with Crippen molar-refractivity contribution in [2.45, 2.75) is 38.1 Å². The van der Waals surface area contributed by atoms with E-state index in [2.05, 4.69) is 27.6 Å². The lowest BCUT2D eigenvalue weighted by molar-refractivity contribution is -0.115. The Morgan fingerprint density at radius 2 is 1.75 bits per heavy atom. The van der Waals surface area contributed by atoms with E-state index in [0.29, 0.717) is 16.0 Å². The van der Waals surface area contributed by atoms with Gasteiger partial charge in [0.05, 0.1) is 5.25 Å². The number of hydrogen-bond acceptors (Lipinski definition) is 5. The van der Waals surface area contributed by atoms with Gasteiger partial charge in [0.25, 0.3) is 0 Å². The molecule has 0 aliphatic carbocycles. The molecule has 0 unspecified atom stereocenters. The van der Waals surface area contributed by atoms with Crippen LogP contribution in [0.25, 0.3) is 11.4 Å². The predicted octanol–water partition coefficient (Wildman–Crippen LogP) is 4.36. The number of nitrogens with zero attached hydrogens (tertiary/aromatic N) is 3. The summed E-state index contributed by atoms with van der Waals surface area (Å²) in [5, 5.41) is 12.0. The smallest absolute Gasteiger partial charge is 0.237 e. The number of aromatic nitrogens is 3. The Kier molecular flexibility index (Phi) is 5.96. The molecule has 146 valence electrons. The number of halogens is 1. The SMILES string of the molecule is Cc1cc(C)c(NC(=O)[C@@H](C)Sc2nnc(-c3ccc(Cl)cc3)n2N)c(C)c1. The van der Waals surface area contributed by atoms with Gasteiger partial charge in [-0.3, -0.25) is 4.79 Å². The molecule has 0 aliphatic heterocycles. The molecule has 0 bridgehead atoms. The molecule has 2 aromatic carbocycles. The average molecular weight is 416 g/mol. The third kappa shape index (κ3) is 4.31. The number of aryl methyl sites for hydroxylation is 3. The summed E-state index contributed by atoms with van der Waals surface area (Å²) in [6, 6.07) is 11.3. The molecular formula is C20H22ClN5OS. The van der Waals surface area contributed by atoms with Gasteiger partial charge in [0.2, 0.25) is 11.1 Å². The Morgan fingerprint density at radius 1 is 1.14 bits per heavy atom. The second-order valence-electron chi connectivity index (χ2n) is 6.71. The molecule has 0 spiro atoms. The van der Waals surface area contributed by atoms with Gasteiger partial charge in [0, 0.05) is 16.3 Å². The fourth-order valence-corrected chi connectivity index (χ4v) is 3.86. The largest absolute Gasteiger partial charge is 0.335 e. The van der Waals surface area contributed by atoms with Crippen LogP contribution in [0.3, 0.4) is 0 Å². The van der Waals surface area contributed by atoms with E-state index in [1.54, 1.807) is 12.1 Å². The second-order valence-corrected chi connectivity index (χ2v) is 8.45. The summed E-state index contributed by atoms with van der Waals surface area (Å²) in [5.41, 5.74) is 4.89. The van der Waals surface area contributed by atoms with Gasteiger partial charge in [0.15, 0.2) is 5.82 Å². The molecule has 0 radical (unpaired) electrons. The number of amides is 1. The Hall–Kier alpha value is -2.51. The van der Waals surface area contributed by atoms with E-state index in [0.717, 1.165) is 22.4 Å². The van der Waals surface area contributed by atoms with E-state index < -0.39 is 5.25 Å². The van der Waals surface area contributed by atoms with Crippen LogP contribution < -0.4 is 11.2 Å². The standard InChI is InChI=1S/C20H22ClN5OS/c1-11-9-12(2)17(13(3)10-11)23-19(27)14(4)28-20-25-24-18(26(20)22)15-5-7-16(21)8-6-15/h5-10,14H,22H2,1-4H3,(H,23,27)/t14-/m1/s1. The van der Waals surface area contributed by atoms with Crippen LogP contribution in [0.2, 0.25) is 5.02 Å². The lowest BCUT2D eigenvalue weighted by Gasteiger charge is -2.16. The molecule has 28 heavy (non-hydrogen) atoms. The molecule has 1 heterocycles. The highest BCUT2D eigenvalue weighted by Gasteiger charge is 2.21. The molecule has 0 aliphatic rings. The van der Waals surface area contributed by atoms with E-state index in [-0.39, 0.29) is 5.91 Å². The number of carbonyl (C=O) groups is 1. The van der Waals surface area contributed by atoms with E-state index in [4.69, 9.17) is 17.4 Å². The van der Waals surface area contributed by atoms with Gasteiger partial charge in [-0.15, -0.1) is 10.2 Å². The first-order valence-corrected chi connectivity index (χ1v) is 10.0. The van der Waals surface area contributed by atoms with Crippen molar-refractivity contribution < 1.29 is 4.79 Å². The molecule has 3 aromatic rings.